The van der Waals surface area contributed by atoms with Crippen molar-refractivity contribution in [1.29, 1.82) is 0 Å². The summed E-state index contributed by atoms with van der Waals surface area (Å²) in [6.07, 6.45) is 1.54. The number of amides is 1. The van der Waals surface area contributed by atoms with E-state index in [1.807, 2.05) is 0 Å². The molecule has 4 rings (SSSR count). The van der Waals surface area contributed by atoms with Gasteiger partial charge in [-0.3, -0.25) is 9.59 Å². The predicted octanol–water partition coefficient (Wildman–Crippen LogP) is 2.29. The van der Waals surface area contributed by atoms with Gasteiger partial charge in [0.25, 0.3) is 11.5 Å². The van der Waals surface area contributed by atoms with Gasteiger partial charge in [-0.25, -0.2) is 17.9 Å². The Bertz CT molecular complexity index is 1430. The highest BCUT2D eigenvalue weighted by molar-refractivity contribution is 7.89. The number of carbonyl (C=O) groups is 2. The van der Waals surface area contributed by atoms with Gasteiger partial charge in [-0.15, -0.1) is 0 Å². The van der Waals surface area contributed by atoms with Gasteiger partial charge in [0, 0.05) is 31.2 Å². The Balaban J connectivity index is 1.44. The molecular weight excluding hydrogens is 472 g/mol. The van der Waals surface area contributed by atoms with Gasteiger partial charge in [0.2, 0.25) is 10.0 Å². The number of fused-ring (bicyclic) bond motifs is 1. The number of ether oxygens (including phenoxy) is 1. The number of nitrogens with one attached hydrogen (secondary N) is 1. The number of benzene rings is 2. The molecule has 0 radical (unpaired) electrons. The molecule has 0 spiro atoms. The first kappa shape index (κ1) is 24.6. The summed E-state index contributed by atoms with van der Waals surface area (Å²) in [5.74, 6) is -1.44. The first-order valence-corrected chi connectivity index (χ1v) is 12.7. The zero-order chi connectivity index (χ0) is 25.2. The van der Waals surface area contributed by atoms with Crippen LogP contribution in [0.1, 0.15) is 36.7 Å². The standard InChI is InChI=1S/C24H26N4O6S/c1-16(34-24(31)21-19-8-4-5-9-20(19)23(30)27(2)26-21)22(29)25-17-10-12-18(13-11-17)35(32,33)28-14-6-3-7-15-28/h4-5,8-13,16H,3,6-7,14-15H2,1-2H3,(H,25,29). The Morgan fingerprint density at radius 2 is 1.63 bits per heavy atom. The number of rotatable bonds is 6. The van der Waals surface area contributed by atoms with Gasteiger partial charge in [0.1, 0.15) is 0 Å². The van der Waals surface area contributed by atoms with Gasteiger partial charge in [-0.2, -0.15) is 9.40 Å². The third-order valence-electron chi connectivity index (χ3n) is 5.88. The Morgan fingerprint density at radius 3 is 2.29 bits per heavy atom. The van der Waals surface area contributed by atoms with E-state index in [9.17, 15) is 22.8 Å². The van der Waals surface area contributed by atoms with E-state index < -0.39 is 28.0 Å². The molecule has 1 fully saturated rings. The number of hydrogen-bond acceptors (Lipinski definition) is 7. The lowest BCUT2D eigenvalue weighted by Gasteiger charge is -2.25. The quantitative estimate of drug-likeness (QED) is 0.517. The summed E-state index contributed by atoms with van der Waals surface area (Å²) in [6.45, 7) is 2.42. The molecule has 1 aliphatic rings. The normalized spacial score (nSPS) is 15.5. The minimum atomic E-state index is -3.57. The van der Waals surface area contributed by atoms with Crippen LogP contribution < -0.4 is 10.9 Å². The topological polar surface area (TPSA) is 128 Å². The van der Waals surface area contributed by atoms with Gasteiger partial charge < -0.3 is 10.1 Å². The highest BCUT2D eigenvalue weighted by Gasteiger charge is 2.26. The van der Waals surface area contributed by atoms with Gasteiger partial charge >= 0.3 is 5.97 Å². The van der Waals surface area contributed by atoms with E-state index in [0.29, 0.717) is 29.5 Å². The molecule has 1 aromatic heterocycles. The van der Waals surface area contributed by atoms with E-state index in [1.165, 1.54) is 42.5 Å². The van der Waals surface area contributed by atoms with Crippen LogP contribution in [0.5, 0.6) is 0 Å². The first-order valence-electron chi connectivity index (χ1n) is 11.3. The Hall–Kier alpha value is -3.57. The second-order valence-corrected chi connectivity index (χ2v) is 10.3. The van der Waals surface area contributed by atoms with Crippen molar-refractivity contribution in [2.45, 2.75) is 37.2 Å². The summed E-state index contributed by atoms with van der Waals surface area (Å²) in [6, 6.07) is 12.4. The maximum atomic E-state index is 12.8. The van der Waals surface area contributed by atoms with E-state index in [-0.39, 0.29) is 16.1 Å². The van der Waals surface area contributed by atoms with E-state index in [4.69, 9.17) is 4.74 Å². The molecule has 10 nitrogen and oxygen atoms in total. The second-order valence-electron chi connectivity index (χ2n) is 8.35. The fourth-order valence-corrected chi connectivity index (χ4v) is 5.45. The van der Waals surface area contributed by atoms with E-state index in [1.54, 1.807) is 24.3 Å². The summed E-state index contributed by atoms with van der Waals surface area (Å²) in [5.41, 5.74) is -0.0653. The molecule has 1 unspecified atom stereocenters. The minimum absolute atomic E-state index is 0.0744. The molecule has 1 N–H and O–H groups in total. The molecule has 0 aliphatic carbocycles. The zero-order valence-electron chi connectivity index (χ0n) is 19.4. The van der Waals surface area contributed by atoms with Crippen LogP contribution in [0.4, 0.5) is 5.69 Å². The van der Waals surface area contributed by atoms with Crippen molar-refractivity contribution >= 4 is 38.4 Å². The van der Waals surface area contributed by atoms with Crippen molar-refractivity contribution in [3.05, 3.63) is 64.6 Å². The van der Waals surface area contributed by atoms with Crippen LogP contribution in [-0.2, 0) is 26.6 Å². The molecule has 1 saturated heterocycles. The maximum absolute atomic E-state index is 12.8. The largest absolute Gasteiger partial charge is 0.448 e. The lowest BCUT2D eigenvalue weighted by atomic mass is 10.1. The van der Waals surface area contributed by atoms with Crippen LogP contribution in [0.2, 0.25) is 0 Å². The molecule has 2 heterocycles. The third kappa shape index (κ3) is 5.10. The highest BCUT2D eigenvalue weighted by atomic mass is 32.2. The number of esters is 1. The summed E-state index contributed by atoms with van der Waals surface area (Å²) in [5, 5.41) is 7.27. The zero-order valence-corrected chi connectivity index (χ0v) is 20.2. The molecule has 0 saturated carbocycles. The lowest BCUT2D eigenvalue weighted by molar-refractivity contribution is -0.123. The van der Waals surface area contributed by atoms with Crippen LogP contribution in [0.3, 0.4) is 0 Å². The second kappa shape index (κ2) is 9.96. The Labute approximate surface area is 202 Å². The van der Waals surface area contributed by atoms with Crippen molar-refractivity contribution in [3.63, 3.8) is 0 Å². The number of aryl methyl sites for hydroxylation is 1. The monoisotopic (exact) mass is 498 g/mol. The summed E-state index contributed by atoms with van der Waals surface area (Å²) in [4.78, 5) is 37.8. The molecule has 2 aromatic carbocycles. The number of nitrogens with zero attached hydrogens (tertiary/aromatic N) is 3. The molecule has 35 heavy (non-hydrogen) atoms. The molecule has 11 heteroatoms. The van der Waals surface area contributed by atoms with E-state index in [2.05, 4.69) is 10.4 Å². The molecule has 184 valence electrons. The first-order chi connectivity index (χ1) is 16.7. The number of aromatic nitrogens is 2. The van der Waals surface area contributed by atoms with Crippen LogP contribution in [-0.4, -0.2) is 53.6 Å². The molecule has 1 aliphatic heterocycles. The SMILES string of the molecule is CC(OC(=O)c1nn(C)c(=O)c2ccccc12)C(=O)Nc1ccc(S(=O)(=O)N2CCCCC2)cc1. The van der Waals surface area contributed by atoms with Crippen molar-refractivity contribution < 1.29 is 22.7 Å². The number of sulfonamides is 1. The van der Waals surface area contributed by atoms with Crippen molar-refractivity contribution in [2.75, 3.05) is 18.4 Å². The van der Waals surface area contributed by atoms with Gasteiger partial charge in [-0.1, -0.05) is 24.6 Å². The Kier molecular flexibility index (Phi) is 6.99. The van der Waals surface area contributed by atoms with Gasteiger partial charge in [0.05, 0.1) is 10.3 Å². The molecule has 1 atom stereocenters. The van der Waals surface area contributed by atoms with Crippen LogP contribution in [0.25, 0.3) is 10.8 Å². The van der Waals surface area contributed by atoms with E-state index in [0.717, 1.165) is 23.9 Å². The smallest absolute Gasteiger partial charge is 0.360 e. The lowest BCUT2D eigenvalue weighted by Crippen LogP contribution is -2.35. The van der Waals surface area contributed by atoms with Crippen LogP contribution in [0, 0.1) is 0 Å². The van der Waals surface area contributed by atoms with Crippen molar-refractivity contribution in [2.24, 2.45) is 7.05 Å². The highest BCUT2D eigenvalue weighted by Crippen LogP contribution is 2.22. The fraction of sp³-hybridized carbons (Fsp3) is 0.333. The molecule has 0 bridgehead atoms. The minimum Gasteiger partial charge on any atom is -0.448 e. The molecule has 3 aromatic rings. The van der Waals surface area contributed by atoms with Gasteiger partial charge in [0.15, 0.2) is 11.8 Å². The van der Waals surface area contributed by atoms with Crippen LogP contribution in [0.15, 0.2) is 58.2 Å². The average Bonchev–Trinajstić information content (AvgIpc) is 2.87. The predicted molar refractivity (Wildman–Crippen MR) is 130 cm³/mol. The van der Waals surface area contributed by atoms with Gasteiger partial charge in [-0.05, 0) is 50.1 Å². The summed E-state index contributed by atoms with van der Waals surface area (Å²) < 4.78 is 33.4. The van der Waals surface area contributed by atoms with Crippen molar-refractivity contribution in [1.82, 2.24) is 14.1 Å². The third-order valence-corrected chi connectivity index (χ3v) is 7.79. The number of piperidine rings is 1. The summed E-state index contributed by atoms with van der Waals surface area (Å²) >= 11 is 0. The molecule has 1 amide bonds. The van der Waals surface area contributed by atoms with Crippen LogP contribution >= 0.6 is 0 Å². The average molecular weight is 499 g/mol. The number of anilines is 1. The maximum Gasteiger partial charge on any atom is 0.360 e. The summed E-state index contributed by atoms with van der Waals surface area (Å²) in [7, 11) is -2.15. The Morgan fingerprint density at radius 1 is 1.00 bits per heavy atom. The number of hydrogen-bond donors (Lipinski definition) is 1. The molecular formula is C24H26N4O6S. The van der Waals surface area contributed by atoms with E-state index >= 15 is 0 Å². The van der Waals surface area contributed by atoms with Crippen molar-refractivity contribution in [3.8, 4) is 0 Å². The number of carbonyl (C=O) groups excluding carboxylic acids is 2. The fourth-order valence-electron chi connectivity index (χ4n) is 3.93.